The van der Waals surface area contributed by atoms with E-state index in [-0.39, 0.29) is 12.2 Å². The Morgan fingerprint density at radius 2 is 2.31 bits per heavy atom. The molecule has 5 nitrogen and oxygen atoms in total. The molecule has 1 aromatic rings. The smallest absolute Gasteiger partial charge is 0.337 e. The van der Waals surface area contributed by atoms with Crippen molar-refractivity contribution < 1.29 is 15.0 Å². The number of aromatic carboxylic acids is 1. The second-order valence-electron chi connectivity index (χ2n) is 2.57. The highest BCUT2D eigenvalue weighted by molar-refractivity contribution is 5.87. The van der Waals surface area contributed by atoms with Gasteiger partial charge < -0.3 is 15.9 Å². The SMILES string of the molecule is N[C@@H](CO)c1ccc(C(=O)O)cn1. The summed E-state index contributed by atoms with van der Waals surface area (Å²) in [5.41, 5.74) is 6.05. The first-order valence-corrected chi connectivity index (χ1v) is 3.71. The fraction of sp³-hybridized carbons (Fsp3) is 0.250. The molecule has 0 aromatic carbocycles. The Morgan fingerprint density at radius 1 is 1.62 bits per heavy atom. The van der Waals surface area contributed by atoms with Crippen molar-refractivity contribution in [2.24, 2.45) is 5.73 Å². The van der Waals surface area contributed by atoms with Crippen molar-refractivity contribution in [3.05, 3.63) is 29.6 Å². The Labute approximate surface area is 74.8 Å². The van der Waals surface area contributed by atoms with E-state index in [4.69, 9.17) is 15.9 Å². The van der Waals surface area contributed by atoms with Crippen LogP contribution in [-0.4, -0.2) is 27.8 Å². The number of carboxylic acid groups (broad SMARTS) is 1. The third-order valence-electron chi connectivity index (χ3n) is 1.61. The number of aromatic nitrogens is 1. The maximum absolute atomic E-state index is 10.4. The highest BCUT2D eigenvalue weighted by Crippen LogP contribution is 2.06. The molecule has 70 valence electrons. The van der Waals surface area contributed by atoms with Crippen LogP contribution in [0.5, 0.6) is 0 Å². The standard InChI is InChI=1S/C8H10N2O3/c9-6(4-11)7-2-1-5(3-10-7)8(12)13/h1-3,6,11H,4,9H2,(H,12,13)/t6-/m0/s1. The molecule has 0 unspecified atom stereocenters. The zero-order valence-corrected chi connectivity index (χ0v) is 6.84. The van der Waals surface area contributed by atoms with Crippen LogP contribution in [0.2, 0.25) is 0 Å². The molecule has 0 saturated carbocycles. The molecule has 0 fully saturated rings. The molecule has 0 saturated heterocycles. The lowest BCUT2D eigenvalue weighted by atomic mass is 10.2. The zero-order chi connectivity index (χ0) is 9.84. The second kappa shape index (κ2) is 3.97. The average molecular weight is 182 g/mol. The van der Waals surface area contributed by atoms with Gasteiger partial charge in [0.25, 0.3) is 0 Å². The lowest BCUT2D eigenvalue weighted by Gasteiger charge is -2.06. The van der Waals surface area contributed by atoms with Crippen molar-refractivity contribution in [3.63, 3.8) is 0 Å². The Hall–Kier alpha value is -1.46. The molecule has 1 rings (SSSR count). The van der Waals surface area contributed by atoms with E-state index < -0.39 is 12.0 Å². The molecule has 1 aromatic heterocycles. The zero-order valence-electron chi connectivity index (χ0n) is 6.84. The monoisotopic (exact) mass is 182 g/mol. The molecule has 4 N–H and O–H groups in total. The molecule has 0 aliphatic rings. The highest BCUT2D eigenvalue weighted by Gasteiger charge is 2.07. The minimum atomic E-state index is -1.03. The molecule has 0 aliphatic heterocycles. The van der Waals surface area contributed by atoms with Crippen LogP contribution < -0.4 is 5.73 Å². The number of rotatable bonds is 3. The molecular weight excluding hydrogens is 172 g/mol. The van der Waals surface area contributed by atoms with E-state index >= 15 is 0 Å². The summed E-state index contributed by atoms with van der Waals surface area (Å²) in [6.45, 7) is -0.209. The van der Waals surface area contributed by atoms with E-state index in [1.54, 1.807) is 0 Å². The van der Waals surface area contributed by atoms with E-state index in [1.165, 1.54) is 18.3 Å². The number of pyridine rings is 1. The largest absolute Gasteiger partial charge is 0.478 e. The molecule has 0 amide bonds. The van der Waals surface area contributed by atoms with Crippen LogP contribution >= 0.6 is 0 Å². The Balaban J connectivity index is 2.87. The molecular formula is C8H10N2O3. The van der Waals surface area contributed by atoms with Crippen molar-refractivity contribution in [2.45, 2.75) is 6.04 Å². The lowest BCUT2D eigenvalue weighted by Crippen LogP contribution is -2.16. The summed E-state index contributed by atoms with van der Waals surface area (Å²) in [5.74, 6) is -1.03. The van der Waals surface area contributed by atoms with Crippen LogP contribution in [-0.2, 0) is 0 Å². The van der Waals surface area contributed by atoms with Gasteiger partial charge in [-0.2, -0.15) is 0 Å². The van der Waals surface area contributed by atoms with Gasteiger partial charge in [-0.25, -0.2) is 4.79 Å². The van der Waals surface area contributed by atoms with Crippen LogP contribution in [0.4, 0.5) is 0 Å². The number of carbonyl (C=O) groups is 1. The van der Waals surface area contributed by atoms with Gasteiger partial charge >= 0.3 is 5.97 Å². The topological polar surface area (TPSA) is 96.4 Å². The van der Waals surface area contributed by atoms with Gasteiger partial charge in [0.1, 0.15) is 0 Å². The Bertz CT molecular complexity index is 297. The fourth-order valence-corrected chi connectivity index (χ4v) is 0.845. The van der Waals surface area contributed by atoms with Crippen molar-refractivity contribution >= 4 is 5.97 Å². The van der Waals surface area contributed by atoms with Crippen molar-refractivity contribution in [1.82, 2.24) is 4.98 Å². The van der Waals surface area contributed by atoms with E-state index in [2.05, 4.69) is 4.98 Å². The molecule has 0 spiro atoms. The summed E-state index contributed by atoms with van der Waals surface area (Å²) < 4.78 is 0. The summed E-state index contributed by atoms with van der Waals surface area (Å²) in [7, 11) is 0. The molecule has 13 heavy (non-hydrogen) atoms. The second-order valence-corrected chi connectivity index (χ2v) is 2.57. The summed E-state index contributed by atoms with van der Waals surface area (Å²) >= 11 is 0. The molecule has 5 heteroatoms. The van der Waals surface area contributed by atoms with E-state index in [9.17, 15) is 4.79 Å². The summed E-state index contributed by atoms with van der Waals surface area (Å²) in [6.07, 6.45) is 1.22. The molecule has 0 bridgehead atoms. The molecule has 0 radical (unpaired) electrons. The normalized spacial score (nSPS) is 12.5. The number of carboxylic acids is 1. The van der Waals surface area contributed by atoms with Crippen molar-refractivity contribution in [1.29, 1.82) is 0 Å². The Kier molecular flexibility index (Phi) is 2.94. The first kappa shape index (κ1) is 9.63. The summed E-state index contributed by atoms with van der Waals surface area (Å²) in [5, 5.41) is 17.2. The van der Waals surface area contributed by atoms with E-state index in [0.717, 1.165) is 0 Å². The maximum atomic E-state index is 10.4. The van der Waals surface area contributed by atoms with Gasteiger partial charge in [-0.15, -0.1) is 0 Å². The third-order valence-corrected chi connectivity index (χ3v) is 1.61. The molecule has 1 atom stereocenters. The van der Waals surface area contributed by atoms with E-state index in [1.807, 2.05) is 0 Å². The molecule has 1 heterocycles. The number of hydrogen-bond donors (Lipinski definition) is 3. The van der Waals surface area contributed by atoms with Gasteiger partial charge in [-0.05, 0) is 12.1 Å². The first-order valence-electron chi connectivity index (χ1n) is 3.71. The minimum Gasteiger partial charge on any atom is -0.478 e. The highest BCUT2D eigenvalue weighted by atomic mass is 16.4. The van der Waals surface area contributed by atoms with Gasteiger partial charge in [0, 0.05) is 6.20 Å². The van der Waals surface area contributed by atoms with Gasteiger partial charge in [0.2, 0.25) is 0 Å². The van der Waals surface area contributed by atoms with Crippen LogP contribution in [0.25, 0.3) is 0 Å². The van der Waals surface area contributed by atoms with Gasteiger partial charge in [0.05, 0.1) is 23.9 Å². The van der Waals surface area contributed by atoms with Crippen molar-refractivity contribution in [2.75, 3.05) is 6.61 Å². The van der Waals surface area contributed by atoms with Gasteiger partial charge in [-0.3, -0.25) is 4.98 Å². The van der Waals surface area contributed by atoms with E-state index in [0.29, 0.717) is 5.69 Å². The fourth-order valence-electron chi connectivity index (χ4n) is 0.845. The van der Waals surface area contributed by atoms with Crippen LogP contribution in [0.15, 0.2) is 18.3 Å². The quantitative estimate of drug-likeness (QED) is 0.600. The Morgan fingerprint density at radius 3 is 2.69 bits per heavy atom. The number of hydrogen-bond acceptors (Lipinski definition) is 4. The lowest BCUT2D eigenvalue weighted by molar-refractivity contribution is 0.0696. The summed E-state index contributed by atoms with van der Waals surface area (Å²) in [6, 6.07) is 2.34. The van der Waals surface area contributed by atoms with Crippen LogP contribution in [0, 0.1) is 0 Å². The summed E-state index contributed by atoms with van der Waals surface area (Å²) in [4.78, 5) is 14.2. The minimum absolute atomic E-state index is 0.105. The van der Waals surface area contributed by atoms with Crippen LogP contribution in [0.1, 0.15) is 22.1 Å². The van der Waals surface area contributed by atoms with Gasteiger partial charge in [-0.1, -0.05) is 0 Å². The van der Waals surface area contributed by atoms with Crippen molar-refractivity contribution in [3.8, 4) is 0 Å². The number of nitrogens with zero attached hydrogens (tertiary/aromatic N) is 1. The average Bonchev–Trinajstić information content (AvgIpc) is 2.17. The molecule has 0 aliphatic carbocycles. The maximum Gasteiger partial charge on any atom is 0.337 e. The first-order chi connectivity index (χ1) is 6.15. The third kappa shape index (κ3) is 2.24. The number of nitrogens with two attached hydrogens (primary N) is 1. The number of aliphatic hydroxyl groups is 1. The van der Waals surface area contributed by atoms with Crippen LogP contribution in [0.3, 0.4) is 0 Å². The predicted molar refractivity (Wildman–Crippen MR) is 45.2 cm³/mol. The van der Waals surface area contributed by atoms with Gasteiger partial charge in [0.15, 0.2) is 0 Å². The number of aliphatic hydroxyl groups excluding tert-OH is 1. The predicted octanol–water partition coefficient (Wildman–Crippen LogP) is -0.228.